The standard InChI is InChI=1S/C9H13NO2/c1-3-5-7(9(11)12)6-8(10)4-2/h3,5-6H,1,4,10H2,2H3,(H,11,12)/b7-5+,8-6-. The van der Waals surface area contributed by atoms with E-state index in [4.69, 9.17) is 10.8 Å². The van der Waals surface area contributed by atoms with E-state index in [-0.39, 0.29) is 5.57 Å². The molecule has 0 bridgehead atoms. The Bertz CT molecular complexity index is 239. The van der Waals surface area contributed by atoms with Gasteiger partial charge >= 0.3 is 5.97 Å². The molecule has 0 fully saturated rings. The van der Waals surface area contributed by atoms with Crippen LogP contribution < -0.4 is 5.73 Å². The second kappa shape index (κ2) is 5.18. The van der Waals surface area contributed by atoms with E-state index < -0.39 is 5.97 Å². The van der Waals surface area contributed by atoms with Gasteiger partial charge < -0.3 is 10.8 Å². The van der Waals surface area contributed by atoms with Crippen LogP contribution >= 0.6 is 0 Å². The highest BCUT2D eigenvalue weighted by Crippen LogP contribution is 2.02. The number of allylic oxidation sites excluding steroid dienone is 3. The predicted octanol–water partition coefficient (Wildman–Crippen LogP) is 1.44. The van der Waals surface area contributed by atoms with Gasteiger partial charge in [0, 0.05) is 5.70 Å². The van der Waals surface area contributed by atoms with E-state index in [0.717, 1.165) is 0 Å². The van der Waals surface area contributed by atoms with Crippen molar-refractivity contribution in [3.63, 3.8) is 0 Å². The van der Waals surface area contributed by atoms with Crippen molar-refractivity contribution in [1.82, 2.24) is 0 Å². The lowest BCUT2D eigenvalue weighted by Crippen LogP contribution is -2.02. The summed E-state index contributed by atoms with van der Waals surface area (Å²) >= 11 is 0. The summed E-state index contributed by atoms with van der Waals surface area (Å²) < 4.78 is 0. The largest absolute Gasteiger partial charge is 0.478 e. The maximum absolute atomic E-state index is 10.5. The van der Waals surface area contributed by atoms with Crippen LogP contribution in [0.1, 0.15) is 13.3 Å². The van der Waals surface area contributed by atoms with Crippen LogP contribution in [0.4, 0.5) is 0 Å². The molecule has 3 N–H and O–H groups in total. The van der Waals surface area contributed by atoms with E-state index in [1.165, 1.54) is 18.2 Å². The quantitative estimate of drug-likeness (QED) is 0.492. The number of nitrogens with two attached hydrogens (primary N) is 1. The second-order valence-corrected chi connectivity index (χ2v) is 2.24. The summed E-state index contributed by atoms with van der Waals surface area (Å²) in [5.74, 6) is -0.994. The molecule has 66 valence electrons. The first kappa shape index (κ1) is 10.5. The third-order valence-electron chi connectivity index (χ3n) is 1.29. The van der Waals surface area contributed by atoms with E-state index in [2.05, 4.69) is 6.58 Å². The van der Waals surface area contributed by atoms with Crippen molar-refractivity contribution in [2.45, 2.75) is 13.3 Å². The van der Waals surface area contributed by atoms with Crippen LogP contribution in [-0.4, -0.2) is 11.1 Å². The number of carboxylic acids is 1. The normalized spacial score (nSPS) is 12.8. The summed E-state index contributed by atoms with van der Waals surface area (Å²) in [7, 11) is 0. The highest BCUT2D eigenvalue weighted by Gasteiger charge is 2.01. The topological polar surface area (TPSA) is 63.3 Å². The first-order chi connectivity index (χ1) is 5.61. The van der Waals surface area contributed by atoms with Gasteiger partial charge in [-0.05, 0) is 18.6 Å². The molecule has 0 spiro atoms. The fourth-order valence-corrected chi connectivity index (χ4v) is 0.610. The van der Waals surface area contributed by atoms with Gasteiger partial charge in [0.2, 0.25) is 0 Å². The van der Waals surface area contributed by atoms with Gasteiger partial charge in [-0.15, -0.1) is 0 Å². The molecule has 12 heavy (non-hydrogen) atoms. The SMILES string of the molecule is C=C/C=C(\C=C(/N)CC)C(=O)O. The minimum absolute atomic E-state index is 0.157. The Morgan fingerprint density at radius 1 is 1.67 bits per heavy atom. The monoisotopic (exact) mass is 167 g/mol. The fraction of sp³-hybridized carbons (Fsp3) is 0.222. The van der Waals surface area contributed by atoms with Gasteiger partial charge in [-0.3, -0.25) is 0 Å². The van der Waals surface area contributed by atoms with Gasteiger partial charge in [-0.1, -0.05) is 19.6 Å². The molecular weight excluding hydrogens is 154 g/mol. The van der Waals surface area contributed by atoms with Crippen molar-refractivity contribution < 1.29 is 9.90 Å². The second-order valence-electron chi connectivity index (χ2n) is 2.24. The number of hydrogen-bond donors (Lipinski definition) is 2. The van der Waals surface area contributed by atoms with E-state index >= 15 is 0 Å². The summed E-state index contributed by atoms with van der Waals surface area (Å²) in [5, 5.41) is 8.63. The smallest absolute Gasteiger partial charge is 0.335 e. The molecule has 0 radical (unpaired) electrons. The average Bonchev–Trinajstić information content (AvgIpc) is 2.03. The minimum atomic E-state index is -0.994. The molecule has 0 aromatic heterocycles. The summed E-state index contributed by atoms with van der Waals surface area (Å²) in [4.78, 5) is 10.5. The molecular formula is C9H13NO2. The molecule has 0 aliphatic heterocycles. The Kier molecular flexibility index (Phi) is 4.53. The van der Waals surface area contributed by atoms with E-state index in [9.17, 15) is 4.79 Å². The van der Waals surface area contributed by atoms with E-state index in [1.807, 2.05) is 6.92 Å². The van der Waals surface area contributed by atoms with Crippen LogP contribution in [0.2, 0.25) is 0 Å². The van der Waals surface area contributed by atoms with E-state index in [1.54, 1.807) is 0 Å². The zero-order valence-electron chi connectivity index (χ0n) is 7.08. The molecule has 0 atom stereocenters. The fourth-order valence-electron chi connectivity index (χ4n) is 0.610. The van der Waals surface area contributed by atoms with E-state index in [0.29, 0.717) is 12.1 Å². The van der Waals surface area contributed by atoms with Gasteiger partial charge in [0.1, 0.15) is 0 Å². The summed E-state index contributed by atoms with van der Waals surface area (Å²) in [6.45, 7) is 5.27. The van der Waals surface area contributed by atoms with Crippen LogP contribution in [0.15, 0.2) is 36.1 Å². The first-order valence-corrected chi connectivity index (χ1v) is 3.63. The average molecular weight is 167 g/mol. The van der Waals surface area contributed by atoms with Crippen molar-refractivity contribution in [3.8, 4) is 0 Å². The van der Waals surface area contributed by atoms with Gasteiger partial charge in [0.15, 0.2) is 0 Å². The summed E-state index contributed by atoms with van der Waals surface area (Å²) in [6.07, 6.45) is 4.90. The molecule has 3 heteroatoms. The molecule has 0 unspecified atom stereocenters. The highest BCUT2D eigenvalue weighted by molar-refractivity contribution is 5.90. The number of hydrogen-bond acceptors (Lipinski definition) is 2. The molecule has 0 aliphatic rings. The first-order valence-electron chi connectivity index (χ1n) is 3.63. The van der Waals surface area contributed by atoms with Gasteiger partial charge in [-0.2, -0.15) is 0 Å². The van der Waals surface area contributed by atoms with Crippen molar-refractivity contribution in [2.24, 2.45) is 5.73 Å². The molecule has 0 rings (SSSR count). The Labute approximate surface area is 71.9 Å². The van der Waals surface area contributed by atoms with Gasteiger partial charge in [0.05, 0.1) is 5.57 Å². The van der Waals surface area contributed by atoms with Crippen LogP contribution in [0, 0.1) is 0 Å². The van der Waals surface area contributed by atoms with Crippen molar-refractivity contribution >= 4 is 5.97 Å². The van der Waals surface area contributed by atoms with Crippen LogP contribution in [0.3, 0.4) is 0 Å². The van der Waals surface area contributed by atoms with Crippen molar-refractivity contribution in [1.29, 1.82) is 0 Å². The third-order valence-corrected chi connectivity index (χ3v) is 1.29. The van der Waals surface area contributed by atoms with Crippen molar-refractivity contribution in [3.05, 3.63) is 36.1 Å². The molecule has 0 aromatic rings. The van der Waals surface area contributed by atoms with Crippen molar-refractivity contribution in [2.75, 3.05) is 0 Å². The minimum Gasteiger partial charge on any atom is -0.478 e. The maximum atomic E-state index is 10.5. The lowest BCUT2D eigenvalue weighted by atomic mass is 10.2. The predicted molar refractivity (Wildman–Crippen MR) is 48.5 cm³/mol. The third kappa shape index (κ3) is 3.61. The zero-order valence-corrected chi connectivity index (χ0v) is 7.08. The number of carbonyl (C=O) groups is 1. The lowest BCUT2D eigenvalue weighted by Gasteiger charge is -1.96. The molecule has 0 saturated carbocycles. The summed E-state index contributed by atoms with van der Waals surface area (Å²) in [5.41, 5.74) is 6.17. The van der Waals surface area contributed by atoms with Gasteiger partial charge in [-0.25, -0.2) is 4.79 Å². The Morgan fingerprint density at radius 2 is 2.25 bits per heavy atom. The lowest BCUT2D eigenvalue weighted by molar-refractivity contribution is -0.132. The molecule has 3 nitrogen and oxygen atoms in total. The Hall–Kier alpha value is -1.51. The maximum Gasteiger partial charge on any atom is 0.335 e. The number of carboxylic acid groups (broad SMARTS) is 1. The molecule has 0 saturated heterocycles. The zero-order chi connectivity index (χ0) is 9.56. The summed E-state index contributed by atoms with van der Waals surface area (Å²) in [6, 6.07) is 0. The van der Waals surface area contributed by atoms with Crippen LogP contribution in [0.25, 0.3) is 0 Å². The number of aliphatic carboxylic acids is 1. The molecule has 0 amide bonds. The molecule has 0 aromatic carbocycles. The van der Waals surface area contributed by atoms with Gasteiger partial charge in [0.25, 0.3) is 0 Å². The Morgan fingerprint density at radius 3 is 2.58 bits per heavy atom. The Balaban J connectivity index is 4.66. The van der Waals surface area contributed by atoms with Crippen LogP contribution in [-0.2, 0) is 4.79 Å². The van der Waals surface area contributed by atoms with Crippen LogP contribution in [0.5, 0.6) is 0 Å². The molecule has 0 aliphatic carbocycles. The highest BCUT2D eigenvalue weighted by atomic mass is 16.4. The molecule has 0 heterocycles. The number of rotatable bonds is 4.